The third kappa shape index (κ3) is 4.80. The molecule has 0 atom stereocenters. The number of carbonyl (C=O) groups is 1. The van der Waals surface area contributed by atoms with Gasteiger partial charge in [0.1, 0.15) is 5.82 Å². The number of halogens is 5. The lowest BCUT2D eigenvalue weighted by molar-refractivity contribution is -0.137. The van der Waals surface area contributed by atoms with E-state index in [-0.39, 0.29) is 28.0 Å². The molecular weight excluding hydrogens is 434 g/mol. The van der Waals surface area contributed by atoms with Crippen LogP contribution in [0.5, 0.6) is 0 Å². The molecule has 1 heterocycles. The minimum absolute atomic E-state index is 0.0615. The topological polar surface area (TPSA) is 85.8 Å². The number of nitrogens with one attached hydrogen (secondary N) is 1. The van der Waals surface area contributed by atoms with Crippen molar-refractivity contribution in [2.24, 2.45) is 0 Å². The SMILES string of the molecule is Nn1c(SCC(=O)Nc2ccc(Cl)c(C(F)(F)F)c2)nnc1-c1ccccc1F. The maximum Gasteiger partial charge on any atom is 0.417 e. The normalized spacial score (nSPS) is 11.5. The highest BCUT2D eigenvalue weighted by Gasteiger charge is 2.33. The molecule has 29 heavy (non-hydrogen) atoms. The largest absolute Gasteiger partial charge is 0.417 e. The van der Waals surface area contributed by atoms with E-state index in [1.54, 1.807) is 6.07 Å². The molecule has 2 aromatic carbocycles. The highest BCUT2D eigenvalue weighted by Crippen LogP contribution is 2.36. The molecule has 0 aliphatic rings. The van der Waals surface area contributed by atoms with Crippen molar-refractivity contribution in [3.63, 3.8) is 0 Å². The van der Waals surface area contributed by atoms with Crippen LogP contribution in [0.15, 0.2) is 47.6 Å². The number of rotatable bonds is 5. The molecule has 0 aliphatic heterocycles. The maximum atomic E-state index is 13.9. The smallest absolute Gasteiger partial charge is 0.335 e. The number of alkyl halides is 3. The standard InChI is InChI=1S/C17H12ClF4N5OS/c18-12-6-5-9(7-11(12)17(20,21)22)24-14(28)8-29-16-26-25-15(27(16)23)10-3-1-2-4-13(10)19/h1-7H,8,23H2,(H,24,28). The summed E-state index contributed by atoms with van der Waals surface area (Å²) in [6, 6.07) is 8.87. The van der Waals surface area contributed by atoms with Gasteiger partial charge in [0.25, 0.3) is 0 Å². The second-order valence-corrected chi connectivity index (χ2v) is 7.03. The predicted octanol–water partition coefficient (Wildman–Crippen LogP) is 4.20. The first-order valence-corrected chi connectivity index (χ1v) is 9.28. The van der Waals surface area contributed by atoms with Gasteiger partial charge in [-0.2, -0.15) is 13.2 Å². The Balaban J connectivity index is 1.67. The van der Waals surface area contributed by atoms with E-state index in [4.69, 9.17) is 17.4 Å². The van der Waals surface area contributed by atoms with Crippen molar-refractivity contribution >= 4 is 35.0 Å². The second kappa shape index (κ2) is 8.29. The molecule has 152 valence electrons. The molecule has 1 amide bonds. The van der Waals surface area contributed by atoms with Crippen molar-refractivity contribution in [2.45, 2.75) is 11.3 Å². The number of nitrogens with two attached hydrogens (primary N) is 1. The van der Waals surface area contributed by atoms with Gasteiger partial charge in [-0.25, -0.2) is 9.07 Å². The molecule has 0 aliphatic carbocycles. The molecule has 0 bridgehead atoms. The maximum absolute atomic E-state index is 13.9. The lowest BCUT2D eigenvalue weighted by Crippen LogP contribution is -2.17. The van der Waals surface area contributed by atoms with E-state index in [0.29, 0.717) is 0 Å². The van der Waals surface area contributed by atoms with E-state index in [1.807, 2.05) is 0 Å². The summed E-state index contributed by atoms with van der Waals surface area (Å²) in [5.41, 5.74) is -0.978. The molecule has 3 aromatic rings. The van der Waals surface area contributed by atoms with Crippen molar-refractivity contribution in [3.05, 3.63) is 58.9 Å². The Hall–Kier alpha value is -2.79. The number of aromatic nitrogens is 3. The third-order valence-corrected chi connectivity index (χ3v) is 4.94. The Kier molecular flexibility index (Phi) is 5.99. The summed E-state index contributed by atoms with van der Waals surface area (Å²) in [4.78, 5) is 12.1. The van der Waals surface area contributed by atoms with E-state index in [2.05, 4.69) is 15.5 Å². The minimum atomic E-state index is -4.65. The van der Waals surface area contributed by atoms with Gasteiger partial charge in [0.05, 0.1) is 21.9 Å². The molecule has 12 heteroatoms. The van der Waals surface area contributed by atoms with Crippen LogP contribution in [0.3, 0.4) is 0 Å². The van der Waals surface area contributed by atoms with Gasteiger partial charge in [-0.3, -0.25) is 4.79 Å². The van der Waals surface area contributed by atoms with Crippen molar-refractivity contribution in [1.29, 1.82) is 0 Å². The van der Waals surface area contributed by atoms with E-state index < -0.39 is 28.5 Å². The number of amides is 1. The fraction of sp³-hybridized carbons (Fsp3) is 0.118. The average molecular weight is 446 g/mol. The molecule has 1 aromatic heterocycles. The van der Waals surface area contributed by atoms with Crippen LogP contribution in [0.1, 0.15) is 5.56 Å². The molecule has 0 fully saturated rings. The van der Waals surface area contributed by atoms with Crippen molar-refractivity contribution < 1.29 is 22.4 Å². The first kappa shape index (κ1) is 20.9. The summed E-state index contributed by atoms with van der Waals surface area (Å²) in [7, 11) is 0. The number of hydrogen-bond donors (Lipinski definition) is 2. The summed E-state index contributed by atoms with van der Waals surface area (Å²) >= 11 is 6.43. The van der Waals surface area contributed by atoms with Crippen LogP contribution in [0.25, 0.3) is 11.4 Å². The minimum Gasteiger partial charge on any atom is -0.335 e. The van der Waals surface area contributed by atoms with Crippen molar-refractivity contribution in [1.82, 2.24) is 14.9 Å². The van der Waals surface area contributed by atoms with Crippen LogP contribution >= 0.6 is 23.4 Å². The van der Waals surface area contributed by atoms with Crippen molar-refractivity contribution in [2.75, 3.05) is 16.9 Å². The molecule has 0 unspecified atom stereocenters. The fourth-order valence-corrected chi connectivity index (χ4v) is 3.23. The lowest BCUT2D eigenvalue weighted by atomic mass is 10.2. The Morgan fingerprint density at radius 2 is 1.93 bits per heavy atom. The van der Waals surface area contributed by atoms with Crippen molar-refractivity contribution in [3.8, 4) is 11.4 Å². The van der Waals surface area contributed by atoms with Gasteiger partial charge in [-0.1, -0.05) is 35.5 Å². The third-order valence-electron chi connectivity index (χ3n) is 3.67. The monoisotopic (exact) mass is 445 g/mol. The van der Waals surface area contributed by atoms with Gasteiger partial charge in [0.15, 0.2) is 5.82 Å². The molecular formula is C17H12ClF4N5OS. The average Bonchev–Trinajstić information content (AvgIpc) is 3.01. The van der Waals surface area contributed by atoms with E-state index in [9.17, 15) is 22.4 Å². The number of nitrogen functional groups attached to an aromatic ring is 1. The summed E-state index contributed by atoms with van der Waals surface area (Å²) < 4.78 is 53.6. The second-order valence-electron chi connectivity index (χ2n) is 5.69. The highest BCUT2D eigenvalue weighted by molar-refractivity contribution is 7.99. The Bertz CT molecular complexity index is 1060. The Morgan fingerprint density at radius 3 is 2.62 bits per heavy atom. The van der Waals surface area contributed by atoms with Crippen LogP contribution in [-0.2, 0) is 11.0 Å². The van der Waals surface area contributed by atoms with Gasteiger partial charge >= 0.3 is 6.18 Å². The van der Waals surface area contributed by atoms with Crippen LogP contribution in [0.2, 0.25) is 5.02 Å². The molecule has 0 saturated heterocycles. The molecule has 0 saturated carbocycles. The predicted molar refractivity (Wildman–Crippen MR) is 101 cm³/mol. The van der Waals surface area contributed by atoms with Gasteiger partial charge < -0.3 is 11.2 Å². The number of thioether (sulfide) groups is 1. The molecule has 3 rings (SSSR count). The van der Waals surface area contributed by atoms with E-state index in [1.165, 1.54) is 24.3 Å². The fourth-order valence-electron chi connectivity index (χ4n) is 2.35. The zero-order valence-electron chi connectivity index (χ0n) is 14.4. The highest BCUT2D eigenvalue weighted by atomic mass is 35.5. The van der Waals surface area contributed by atoms with Crippen LogP contribution in [0.4, 0.5) is 23.2 Å². The van der Waals surface area contributed by atoms with E-state index in [0.717, 1.165) is 28.6 Å². The summed E-state index contributed by atoms with van der Waals surface area (Å²) in [6.07, 6.45) is -4.65. The quantitative estimate of drug-likeness (QED) is 0.349. The van der Waals surface area contributed by atoms with E-state index >= 15 is 0 Å². The number of nitrogens with zero attached hydrogens (tertiary/aromatic N) is 3. The first-order chi connectivity index (χ1) is 13.7. The summed E-state index contributed by atoms with van der Waals surface area (Å²) in [5, 5.41) is 9.62. The Morgan fingerprint density at radius 1 is 1.21 bits per heavy atom. The van der Waals surface area contributed by atoms with Gasteiger partial charge in [-0.15, -0.1) is 10.2 Å². The number of hydrogen-bond acceptors (Lipinski definition) is 5. The number of benzene rings is 2. The zero-order chi connectivity index (χ0) is 21.2. The van der Waals surface area contributed by atoms with Gasteiger partial charge in [0, 0.05) is 5.69 Å². The zero-order valence-corrected chi connectivity index (χ0v) is 15.9. The molecule has 6 nitrogen and oxygen atoms in total. The molecule has 0 spiro atoms. The van der Waals surface area contributed by atoms with Crippen LogP contribution in [0, 0.1) is 5.82 Å². The Labute approximate surface area is 171 Å². The summed E-state index contributed by atoms with van der Waals surface area (Å²) in [5.74, 6) is 4.58. The van der Waals surface area contributed by atoms with Gasteiger partial charge in [0.2, 0.25) is 11.1 Å². The molecule has 0 radical (unpaired) electrons. The van der Waals surface area contributed by atoms with Crippen LogP contribution < -0.4 is 11.2 Å². The summed E-state index contributed by atoms with van der Waals surface area (Å²) in [6.45, 7) is 0. The lowest BCUT2D eigenvalue weighted by Gasteiger charge is -2.11. The number of carbonyl (C=O) groups excluding carboxylic acids is 1. The first-order valence-electron chi connectivity index (χ1n) is 7.91. The number of anilines is 1. The van der Waals surface area contributed by atoms with Gasteiger partial charge in [-0.05, 0) is 30.3 Å². The molecule has 3 N–H and O–H groups in total. The van der Waals surface area contributed by atoms with Crippen LogP contribution in [-0.4, -0.2) is 26.5 Å².